The van der Waals surface area contributed by atoms with Gasteiger partial charge in [0.1, 0.15) is 5.82 Å². The minimum absolute atomic E-state index is 0.0753. The van der Waals surface area contributed by atoms with Crippen LogP contribution in [0.2, 0.25) is 0 Å². The highest BCUT2D eigenvalue weighted by Crippen LogP contribution is 2.20. The number of morpholine rings is 1. The fourth-order valence-corrected chi connectivity index (χ4v) is 3.78. The summed E-state index contributed by atoms with van der Waals surface area (Å²) in [5.74, 6) is 1.78. The van der Waals surface area contributed by atoms with Gasteiger partial charge in [-0.3, -0.25) is 4.79 Å². The summed E-state index contributed by atoms with van der Waals surface area (Å²) in [6, 6.07) is 9.55. The summed E-state index contributed by atoms with van der Waals surface area (Å²) in [6.07, 6.45) is 0. The van der Waals surface area contributed by atoms with Crippen LogP contribution in [0, 0.1) is 6.92 Å². The molecule has 0 aliphatic carbocycles. The molecule has 4 rings (SSSR count). The van der Waals surface area contributed by atoms with Crippen LogP contribution in [0.5, 0.6) is 0 Å². The topological polar surface area (TPSA) is 61.8 Å². The Bertz CT molecular complexity index is 831. The van der Waals surface area contributed by atoms with Crippen LogP contribution in [0.4, 0.5) is 11.8 Å². The molecule has 2 saturated heterocycles. The molecule has 7 nitrogen and oxygen atoms in total. The summed E-state index contributed by atoms with van der Waals surface area (Å²) in [6.45, 7) is 7.96. The SMILES string of the molecule is Cc1cc(N2CCOCC2)nc(N2CCN(C(=O)c3ccc(Br)cc3)CC2)n1. The maximum absolute atomic E-state index is 12.7. The van der Waals surface area contributed by atoms with Gasteiger partial charge in [-0.05, 0) is 31.2 Å². The second-order valence-corrected chi connectivity index (χ2v) is 7.97. The van der Waals surface area contributed by atoms with E-state index in [2.05, 4.69) is 30.7 Å². The minimum atomic E-state index is 0.0753. The van der Waals surface area contributed by atoms with E-state index in [0.29, 0.717) is 13.1 Å². The van der Waals surface area contributed by atoms with Gasteiger partial charge in [-0.2, -0.15) is 4.98 Å². The average molecular weight is 446 g/mol. The van der Waals surface area contributed by atoms with Crippen molar-refractivity contribution >= 4 is 33.6 Å². The molecule has 0 bridgehead atoms. The number of amides is 1. The molecule has 1 amide bonds. The smallest absolute Gasteiger partial charge is 0.253 e. The van der Waals surface area contributed by atoms with Crippen molar-refractivity contribution in [2.45, 2.75) is 6.92 Å². The molecule has 2 fully saturated rings. The van der Waals surface area contributed by atoms with Gasteiger partial charge in [-0.15, -0.1) is 0 Å². The first kappa shape index (κ1) is 19.1. The number of nitrogens with zero attached hydrogens (tertiary/aromatic N) is 5. The van der Waals surface area contributed by atoms with Crippen molar-refractivity contribution in [2.24, 2.45) is 0 Å². The zero-order valence-corrected chi connectivity index (χ0v) is 17.6. The molecule has 0 N–H and O–H groups in total. The van der Waals surface area contributed by atoms with Crippen LogP contribution >= 0.6 is 15.9 Å². The van der Waals surface area contributed by atoms with E-state index in [9.17, 15) is 4.79 Å². The Labute approximate surface area is 173 Å². The summed E-state index contributed by atoms with van der Waals surface area (Å²) >= 11 is 3.41. The van der Waals surface area contributed by atoms with Crippen molar-refractivity contribution in [3.05, 3.63) is 46.1 Å². The molecule has 0 spiro atoms. The van der Waals surface area contributed by atoms with E-state index in [4.69, 9.17) is 9.72 Å². The Balaban J connectivity index is 1.42. The standard InChI is InChI=1S/C20H24BrN5O2/c1-15-14-18(24-10-12-28-13-11-24)23-20(22-15)26-8-6-25(7-9-26)19(27)16-2-4-17(21)5-3-16/h2-5,14H,6-13H2,1H3. The number of aryl methyl sites for hydroxylation is 1. The number of carbonyl (C=O) groups excluding carboxylic acids is 1. The van der Waals surface area contributed by atoms with Gasteiger partial charge in [0, 0.05) is 61.1 Å². The van der Waals surface area contributed by atoms with E-state index in [1.165, 1.54) is 0 Å². The van der Waals surface area contributed by atoms with Gasteiger partial charge in [-0.1, -0.05) is 15.9 Å². The molecule has 3 heterocycles. The molecule has 0 saturated carbocycles. The van der Waals surface area contributed by atoms with Crippen LogP contribution in [0.1, 0.15) is 16.1 Å². The molecule has 2 aliphatic rings. The fraction of sp³-hybridized carbons (Fsp3) is 0.450. The summed E-state index contributed by atoms with van der Waals surface area (Å²) in [4.78, 5) is 28.5. The Morgan fingerprint density at radius 3 is 2.32 bits per heavy atom. The third kappa shape index (κ3) is 4.28. The van der Waals surface area contributed by atoms with Crippen LogP contribution in [0.15, 0.2) is 34.8 Å². The number of carbonyl (C=O) groups is 1. The van der Waals surface area contributed by atoms with Crippen LogP contribution in [0.3, 0.4) is 0 Å². The predicted molar refractivity (Wildman–Crippen MR) is 112 cm³/mol. The molecule has 1 aromatic carbocycles. The number of rotatable bonds is 3. The highest BCUT2D eigenvalue weighted by Gasteiger charge is 2.24. The van der Waals surface area contributed by atoms with Crippen LogP contribution in [0.25, 0.3) is 0 Å². The van der Waals surface area contributed by atoms with Crippen molar-refractivity contribution in [3.63, 3.8) is 0 Å². The third-order valence-corrected chi connectivity index (χ3v) is 5.63. The lowest BCUT2D eigenvalue weighted by atomic mass is 10.2. The highest BCUT2D eigenvalue weighted by molar-refractivity contribution is 9.10. The summed E-state index contributed by atoms with van der Waals surface area (Å²) in [7, 11) is 0. The molecule has 148 valence electrons. The molecular formula is C20H24BrN5O2. The lowest BCUT2D eigenvalue weighted by Crippen LogP contribution is -2.49. The number of benzene rings is 1. The van der Waals surface area contributed by atoms with Crippen molar-refractivity contribution in [3.8, 4) is 0 Å². The van der Waals surface area contributed by atoms with Crippen molar-refractivity contribution < 1.29 is 9.53 Å². The van der Waals surface area contributed by atoms with E-state index in [1.54, 1.807) is 0 Å². The molecule has 28 heavy (non-hydrogen) atoms. The van der Waals surface area contributed by atoms with E-state index >= 15 is 0 Å². The average Bonchev–Trinajstić information content (AvgIpc) is 2.74. The molecule has 2 aromatic rings. The van der Waals surface area contributed by atoms with Gasteiger partial charge in [0.05, 0.1) is 13.2 Å². The second kappa shape index (κ2) is 8.45. The van der Waals surface area contributed by atoms with Gasteiger partial charge >= 0.3 is 0 Å². The summed E-state index contributed by atoms with van der Waals surface area (Å²) < 4.78 is 6.41. The Morgan fingerprint density at radius 2 is 1.64 bits per heavy atom. The van der Waals surface area contributed by atoms with E-state index in [-0.39, 0.29) is 5.91 Å². The van der Waals surface area contributed by atoms with Gasteiger partial charge in [0.15, 0.2) is 0 Å². The maximum Gasteiger partial charge on any atom is 0.253 e. The number of aromatic nitrogens is 2. The number of ether oxygens (including phenoxy) is 1. The predicted octanol–water partition coefficient (Wildman–Crippen LogP) is 2.35. The number of halogens is 1. The zero-order chi connectivity index (χ0) is 19.5. The second-order valence-electron chi connectivity index (χ2n) is 7.05. The Kier molecular flexibility index (Phi) is 5.77. The number of hydrogen-bond acceptors (Lipinski definition) is 6. The lowest BCUT2D eigenvalue weighted by molar-refractivity contribution is 0.0746. The zero-order valence-electron chi connectivity index (χ0n) is 16.0. The molecule has 8 heteroatoms. The molecule has 0 unspecified atom stereocenters. The fourth-order valence-electron chi connectivity index (χ4n) is 3.52. The summed E-state index contributed by atoms with van der Waals surface area (Å²) in [5.41, 5.74) is 1.68. The monoisotopic (exact) mass is 445 g/mol. The van der Waals surface area contributed by atoms with Crippen molar-refractivity contribution in [1.82, 2.24) is 14.9 Å². The van der Waals surface area contributed by atoms with Crippen LogP contribution < -0.4 is 9.80 Å². The van der Waals surface area contributed by atoms with Crippen LogP contribution in [-0.4, -0.2) is 73.3 Å². The van der Waals surface area contributed by atoms with E-state index in [1.807, 2.05) is 42.2 Å². The molecule has 0 atom stereocenters. The highest BCUT2D eigenvalue weighted by atomic mass is 79.9. The first-order chi connectivity index (χ1) is 13.6. The van der Waals surface area contributed by atoms with Crippen molar-refractivity contribution in [1.29, 1.82) is 0 Å². The normalized spacial score (nSPS) is 17.7. The molecule has 0 radical (unpaired) electrons. The van der Waals surface area contributed by atoms with Crippen LogP contribution in [-0.2, 0) is 4.74 Å². The van der Waals surface area contributed by atoms with E-state index < -0.39 is 0 Å². The summed E-state index contributed by atoms with van der Waals surface area (Å²) in [5, 5.41) is 0. The molecule has 2 aliphatic heterocycles. The largest absolute Gasteiger partial charge is 0.378 e. The number of hydrogen-bond donors (Lipinski definition) is 0. The Morgan fingerprint density at radius 1 is 0.964 bits per heavy atom. The number of piperazine rings is 1. The lowest BCUT2D eigenvalue weighted by Gasteiger charge is -2.35. The molecular weight excluding hydrogens is 422 g/mol. The quantitative estimate of drug-likeness (QED) is 0.722. The number of anilines is 2. The van der Waals surface area contributed by atoms with Gasteiger partial charge in [-0.25, -0.2) is 4.98 Å². The van der Waals surface area contributed by atoms with Crippen molar-refractivity contribution in [2.75, 3.05) is 62.3 Å². The third-order valence-electron chi connectivity index (χ3n) is 5.10. The Hall–Kier alpha value is -2.19. The molecule has 1 aromatic heterocycles. The van der Waals surface area contributed by atoms with Gasteiger partial charge in [0.2, 0.25) is 5.95 Å². The van der Waals surface area contributed by atoms with E-state index in [0.717, 1.165) is 66.9 Å². The maximum atomic E-state index is 12.7. The first-order valence-electron chi connectivity index (χ1n) is 9.58. The van der Waals surface area contributed by atoms with Gasteiger partial charge in [0.25, 0.3) is 5.91 Å². The minimum Gasteiger partial charge on any atom is -0.378 e. The van der Waals surface area contributed by atoms with Gasteiger partial charge < -0.3 is 19.4 Å². The first-order valence-corrected chi connectivity index (χ1v) is 10.4.